The van der Waals surface area contributed by atoms with Crippen LogP contribution in [0.2, 0.25) is 0 Å². The Morgan fingerprint density at radius 1 is 1.39 bits per heavy atom. The standard InChI is InChI=1S/C13H15N3O2/c1-2-16-8-11(7-15-16)14-6-10-4-3-5-12-13(10)18-9-17-12/h3-5,7-8,14H,2,6,9H2,1H3. The third-order valence-electron chi connectivity index (χ3n) is 2.92. The molecule has 0 bridgehead atoms. The number of hydrogen-bond donors (Lipinski definition) is 1. The molecule has 0 radical (unpaired) electrons. The Morgan fingerprint density at radius 2 is 2.33 bits per heavy atom. The molecule has 5 heteroatoms. The lowest BCUT2D eigenvalue weighted by molar-refractivity contribution is 0.173. The summed E-state index contributed by atoms with van der Waals surface area (Å²) in [6.45, 7) is 3.94. The van der Waals surface area contributed by atoms with Gasteiger partial charge in [0.25, 0.3) is 0 Å². The summed E-state index contributed by atoms with van der Waals surface area (Å²) in [6.07, 6.45) is 3.81. The van der Waals surface area contributed by atoms with E-state index < -0.39 is 0 Å². The Hall–Kier alpha value is -2.17. The third kappa shape index (κ3) is 1.99. The van der Waals surface area contributed by atoms with Crippen molar-refractivity contribution in [2.24, 2.45) is 0 Å². The predicted octanol–water partition coefficient (Wildman–Crippen LogP) is 2.24. The van der Waals surface area contributed by atoms with Gasteiger partial charge in [0.2, 0.25) is 6.79 Å². The molecule has 2 aromatic rings. The van der Waals surface area contributed by atoms with Crippen LogP contribution in [0.1, 0.15) is 12.5 Å². The average molecular weight is 245 g/mol. The fraction of sp³-hybridized carbons (Fsp3) is 0.308. The van der Waals surface area contributed by atoms with E-state index in [4.69, 9.17) is 9.47 Å². The van der Waals surface area contributed by atoms with Crippen molar-refractivity contribution in [3.05, 3.63) is 36.2 Å². The number of para-hydroxylation sites is 1. The number of rotatable bonds is 4. The molecule has 0 spiro atoms. The second-order valence-corrected chi connectivity index (χ2v) is 4.09. The highest BCUT2D eigenvalue weighted by Crippen LogP contribution is 2.35. The van der Waals surface area contributed by atoms with Crippen LogP contribution < -0.4 is 14.8 Å². The van der Waals surface area contributed by atoms with Crippen molar-refractivity contribution >= 4 is 5.69 Å². The van der Waals surface area contributed by atoms with Gasteiger partial charge in [-0.2, -0.15) is 5.10 Å². The first-order chi connectivity index (χ1) is 8.86. The normalized spacial score (nSPS) is 12.7. The number of ether oxygens (including phenoxy) is 2. The van der Waals surface area contributed by atoms with Gasteiger partial charge in [-0.15, -0.1) is 0 Å². The summed E-state index contributed by atoms with van der Waals surface area (Å²) in [6, 6.07) is 5.92. The number of hydrogen-bond acceptors (Lipinski definition) is 4. The maximum absolute atomic E-state index is 5.46. The molecule has 1 aromatic carbocycles. The van der Waals surface area contributed by atoms with E-state index in [0.29, 0.717) is 13.3 Å². The molecule has 3 rings (SSSR count). The molecule has 5 nitrogen and oxygen atoms in total. The highest BCUT2D eigenvalue weighted by Gasteiger charge is 2.16. The van der Waals surface area contributed by atoms with Gasteiger partial charge in [0.05, 0.1) is 11.9 Å². The van der Waals surface area contributed by atoms with Gasteiger partial charge in [-0.1, -0.05) is 12.1 Å². The first-order valence-corrected chi connectivity index (χ1v) is 6.00. The van der Waals surface area contributed by atoms with Crippen LogP contribution in [0.25, 0.3) is 0 Å². The zero-order valence-electron chi connectivity index (χ0n) is 10.2. The molecule has 0 fully saturated rings. The molecule has 18 heavy (non-hydrogen) atoms. The van der Waals surface area contributed by atoms with E-state index in [0.717, 1.165) is 29.3 Å². The Balaban J connectivity index is 1.72. The van der Waals surface area contributed by atoms with Gasteiger partial charge >= 0.3 is 0 Å². The highest BCUT2D eigenvalue weighted by molar-refractivity contribution is 5.50. The molecule has 1 N–H and O–H groups in total. The molecule has 1 aliphatic rings. The van der Waals surface area contributed by atoms with Crippen molar-refractivity contribution < 1.29 is 9.47 Å². The fourth-order valence-corrected chi connectivity index (χ4v) is 1.95. The minimum absolute atomic E-state index is 0.306. The lowest BCUT2D eigenvalue weighted by Gasteiger charge is -2.06. The summed E-state index contributed by atoms with van der Waals surface area (Å²) in [4.78, 5) is 0. The fourth-order valence-electron chi connectivity index (χ4n) is 1.95. The van der Waals surface area contributed by atoms with E-state index in [1.807, 2.05) is 35.3 Å². The summed E-state index contributed by atoms with van der Waals surface area (Å²) >= 11 is 0. The topological polar surface area (TPSA) is 48.3 Å². The number of aromatic nitrogens is 2. The molecule has 0 saturated carbocycles. The van der Waals surface area contributed by atoms with Gasteiger partial charge in [-0.25, -0.2) is 0 Å². The summed E-state index contributed by atoms with van der Waals surface area (Å²) < 4.78 is 12.7. The molecule has 0 amide bonds. The van der Waals surface area contributed by atoms with Crippen LogP contribution in [0.15, 0.2) is 30.6 Å². The molecule has 0 aliphatic carbocycles. The van der Waals surface area contributed by atoms with E-state index in [-0.39, 0.29) is 0 Å². The number of nitrogens with zero attached hydrogens (tertiary/aromatic N) is 2. The largest absolute Gasteiger partial charge is 0.454 e. The van der Waals surface area contributed by atoms with Gasteiger partial charge in [0.1, 0.15) is 0 Å². The first kappa shape index (κ1) is 11.0. The zero-order valence-corrected chi connectivity index (χ0v) is 10.2. The van der Waals surface area contributed by atoms with Gasteiger partial charge < -0.3 is 14.8 Å². The second-order valence-electron chi connectivity index (χ2n) is 4.09. The average Bonchev–Trinajstić information content (AvgIpc) is 3.05. The Bertz CT molecular complexity index is 551. The van der Waals surface area contributed by atoms with Gasteiger partial charge in [0, 0.05) is 24.8 Å². The SMILES string of the molecule is CCn1cc(NCc2cccc3c2OCO3)cn1. The van der Waals surface area contributed by atoms with E-state index in [2.05, 4.69) is 17.3 Å². The molecule has 1 aromatic heterocycles. The third-order valence-corrected chi connectivity index (χ3v) is 2.92. The summed E-state index contributed by atoms with van der Waals surface area (Å²) in [5, 5.41) is 7.54. The molecule has 0 saturated heterocycles. The maximum Gasteiger partial charge on any atom is 0.231 e. The second kappa shape index (κ2) is 4.60. The molecular weight excluding hydrogens is 230 g/mol. The molecule has 1 aliphatic heterocycles. The van der Waals surface area contributed by atoms with Crippen molar-refractivity contribution in [2.75, 3.05) is 12.1 Å². The molecule has 2 heterocycles. The van der Waals surface area contributed by atoms with Crippen LogP contribution in [-0.4, -0.2) is 16.6 Å². The van der Waals surface area contributed by atoms with Crippen LogP contribution in [0.5, 0.6) is 11.5 Å². The Kier molecular flexibility index (Phi) is 2.80. The summed E-state index contributed by atoms with van der Waals surface area (Å²) in [5.74, 6) is 1.66. The minimum Gasteiger partial charge on any atom is -0.454 e. The van der Waals surface area contributed by atoms with Crippen LogP contribution in [0, 0.1) is 0 Å². The van der Waals surface area contributed by atoms with Crippen LogP contribution in [0.4, 0.5) is 5.69 Å². The lowest BCUT2D eigenvalue weighted by atomic mass is 10.2. The first-order valence-electron chi connectivity index (χ1n) is 6.00. The summed E-state index contributed by atoms with van der Waals surface area (Å²) in [5.41, 5.74) is 2.10. The van der Waals surface area contributed by atoms with Gasteiger partial charge in [-0.3, -0.25) is 4.68 Å². The quantitative estimate of drug-likeness (QED) is 0.897. The van der Waals surface area contributed by atoms with Gasteiger partial charge in [-0.05, 0) is 13.0 Å². The Morgan fingerprint density at radius 3 is 3.17 bits per heavy atom. The molecule has 94 valence electrons. The van der Waals surface area contributed by atoms with Crippen molar-refractivity contribution in [1.29, 1.82) is 0 Å². The minimum atomic E-state index is 0.306. The number of nitrogens with one attached hydrogen (secondary N) is 1. The van der Waals surface area contributed by atoms with Crippen LogP contribution >= 0.6 is 0 Å². The van der Waals surface area contributed by atoms with Crippen molar-refractivity contribution in [1.82, 2.24) is 9.78 Å². The van der Waals surface area contributed by atoms with Crippen molar-refractivity contribution in [3.63, 3.8) is 0 Å². The van der Waals surface area contributed by atoms with E-state index in [1.165, 1.54) is 0 Å². The highest BCUT2D eigenvalue weighted by atomic mass is 16.7. The smallest absolute Gasteiger partial charge is 0.231 e. The monoisotopic (exact) mass is 245 g/mol. The zero-order chi connectivity index (χ0) is 12.4. The molecular formula is C13H15N3O2. The number of aryl methyl sites for hydroxylation is 1. The lowest BCUT2D eigenvalue weighted by Crippen LogP contribution is -2.00. The van der Waals surface area contributed by atoms with E-state index in [1.54, 1.807) is 0 Å². The van der Waals surface area contributed by atoms with Crippen molar-refractivity contribution in [2.45, 2.75) is 20.0 Å². The van der Waals surface area contributed by atoms with E-state index >= 15 is 0 Å². The molecule has 0 atom stereocenters. The Labute approximate surface area is 105 Å². The summed E-state index contributed by atoms with van der Waals surface area (Å²) in [7, 11) is 0. The van der Waals surface area contributed by atoms with E-state index in [9.17, 15) is 0 Å². The van der Waals surface area contributed by atoms with Crippen LogP contribution in [0.3, 0.4) is 0 Å². The predicted molar refractivity (Wildman–Crippen MR) is 67.8 cm³/mol. The van der Waals surface area contributed by atoms with Crippen molar-refractivity contribution in [3.8, 4) is 11.5 Å². The van der Waals surface area contributed by atoms with Gasteiger partial charge in [0.15, 0.2) is 11.5 Å². The number of fused-ring (bicyclic) bond motifs is 1. The van der Waals surface area contributed by atoms with Crippen LogP contribution in [-0.2, 0) is 13.1 Å². The number of anilines is 1. The maximum atomic E-state index is 5.46. The molecule has 0 unspecified atom stereocenters. The number of benzene rings is 1.